The van der Waals surface area contributed by atoms with Gasteiger partial charge in [0.2, 0.25) is 11.4 Å². The maximum absolute atomic E-state index is 8.87. The first-order valence-corrected chi connectivity index (χ1v) is 11.0. The average Bonchev–Trinajstić information content (AvgIpc) is 3.31. The first-order chi connectivity index (χ1) is 14.7. The van der Waals surface area contributed by atoms with E-state index in [1.807, 2.05) is 0 Å². The van der Waals surface area contributed by atoms with Gasteiger partial charge in [-0.1, -0.05) is 45.7 Å². The van der Waals surface area contributed by atoms with Crippen molar-refractivity contribution in [1.29, 1.82) is 0 Å². The Labute approximate surface area is 180 Å². The van der Waals surface area contributed by atoms with Gasteiger partial charge in [-0.2, -0.15) is 0 Å². The van der Waals surface area contributed by atoms with Crippen LogP contribution < -0.4 is 4.57 Å². The summed E-state index contributed by atoms with van der Waals surface area (Å²) < 4.78 is 17.4. The first kappa shape index (κ1) is 18.1. The molecule has 1 aliphatic carbocycles. The van der Waals surface area contributed by atoms with Crippen molar-refractivity contribution < 1.29 is 10.4 Å². The normalized spacial score (nSPS) is 17.0. The van der Waals surface area contributed by atoms with Crippen molar-refractivity contribution in [1.82, 2.24) is 4.98 Å². The summed E-state index contributed by atoms with van der Waals surface area (Å²) in [5, 5.41) is 2.15. The lowest BCUT2D eigenvalue weighted by molar-refractivity contribution is -0.660. The van der Waals surface area contributed by atoms with Crippen molar-refractivity contribution >= 4 is 22.1 Å². The second kappa shape index (κ2) is 6.94. The molecule has 1 aliphatic rings. The van der Waals surface area contributed by atoms with Crippen LogP contribution in [0, 0.1) is 6.92 Å². The largest absolute Gasteiger partial charge is 0.437 e. The number of aromatic nitrogens is 2. The van der Waals surface area contributed by atoms with Gasteiger partial charge in [0.15, 0.2) is 11.8 Å². The van der Waals surface area contributed by atoms with Gasteiger partial charge in [0.05, 0.1) is 5.56 Å². The van der Waals surface area contributed by atoms with E-state index in [0.717, 1.165) is 64.6 Å². The molecule has 5 rings (SSSR count). The van der Waals surface area contributed by atoms with Crippen molar-refractivity contribution in [2.75, 3.05) is 0 Å². The molecule has 30 heavy (non-hydrogen) atoms. The fourth-order valence-electron chi connectivity index (χ4n) is 4.72. The summed E-state index contributed by atoms with van der Waals surface area (Å²) in [7, 11) is 2.08. The van der Waals surface area contributed by atoms with Crippen molar-refractivity contribution in [2.24, 2.45) is 7.05 Å². The molecule has 3 aromatic heterocycles. The van der Waals surface area contributed by atoms with Gasteiger partial charge in [-0.05, 0) is 49.4 Å². The molecule has 3 heterocycles. The smallest absolute Gasteiger partial charge is 0.227 e. The summed E-state index contributed by atoms with van der Waals surface area (Å²) >= 11 is 0. The highest BCUT2D eigenvalue weighted by molar-refractivity contribution is 6.08. The molecule has 4 aromatic rings. The first-order valence-electron chi connectivity index (χ1n) is 11.5. The maximum Gasteiger partial charge on any atom is 0.227 e. The van der Waals surface area contributed by atoms with E-state index in [1.54, 1.807) is 0 Å². The summed E-state index contributed by atoms with van der Waals surface area (Å²) in [6.45, 7) is 8.64. The van der Waals surface area contributed by atoms with Crippen molar-refractivity contribution in [3.05, 3.63) is 59.4 Å². The number of benzene rings is 1. The molecule has 0 bridgehead atoms. The molecule has 0 aliphatic heterocycles. The minimum atomic E-state index is -0.440. The molecule has 1 saturated carbocycles. The molecule has 0 unspecified atom stereocenters. The van der Waals surface area contributed by atoms with Gasteiger partial charge in [0.1, 0.15) is 7.05 Å². The van der Waals surface area contributed by atoms with Crippen LogP contribution in [0.25, 0.3) is 33.3 Å². The molecular weight excluding hydrogens is 368 g/mol. The van der Waals surface area contributed by atoms with E-state index in [4.69, 9.17) is 10.8 Å². The topological polar surface area (TPSA) is 29.9 Å². The molecule has 0 amide bonds. The third-order valence-corrected chi connectivity index (χ3v) is 6.49. The Balaban J connectivity index is 1.70. The number of hydrogen-bond acceptors (Lipinski definition) is 2. The van der Waals surface area contributed by atoms with Crippen LogP contribution in [0.15, 0.2) is 47.0 Å². The molecule has 0 atom stereocenters. The van der Waals surface area contributed by atoms with E-state index in [2.05, 4.69) is 81.9 Å². The van der Waals surface area contributed by atoms with Crippen LogP contribution in [0.2, 0.25) is 0 Å². The van der Waals surface area contributed by atoms with E-state index in [1.165, 1.54) is 5.56 Å². The summed E-state index contributed by atoms with van der Waals surface area (Å²) in [6.07, 6.45) is 6.34. The van der Waals surface area contributed by atoms with E-state index in [0.29, 0.717) is 5.71 Å². The quantitative estimate of drug-likeness (QED) is 0.349. The minimum absolute atomic E-state index is 0.0271. The number of pyridine rings is 2. The molecule has 0 N–H and O–H groups in total. The van der Waals surface area contributed by atoms with Crippen molar-refractivity contribution in [2.45, 2.75) is 64.7 Å². The van der Waals surface area contributed by atoms with Gasteiger partial charge in [-0.3, -0.25) is 0 Å². The Hall–Kier alpha value is -2.68. The summed E-state index contributed by atoms with van der Waals surface area (Å²) in [6, 6.07) is 12.9. The van der Waals surface area contributed by atoms with Gasteiger partial charge in [-0.25, -0.2) is 9.55 Å². The second-order valence-electron chi connectivity index (χ2n) is 9.76. The standard InChI is InChI=1S/C27H31N2O/c1-17-10-12-20-21-13-15-23(27(2,3)4)28-26(21)30-25(20)24(17)22-14-11-19(16-29(22)5)18-8-6-7-9-18/h10-16,18H,6-9H2,1-5H3/q+1/i18D. The maximum atomic E-state index is 8.87. The molecule has 1 aromatic carbocycles. The Bertz CT molecular complexity index is 1310. The van der Waals surface area contributed by atoms with E-state index < -0.39 is 5.89 Å². The number of furan rings is 1. The predicted octanol–water partition coefficient (Wildman–Crippen LogP) is 6.74. The average molecular weight is 401 g/mol. The number of hydrogen-bond donors (Lipinski definition) is 0. The van der Waals surface area contributed by atoms with Crippen LogP contribution in [0.4, 0.5) is 0 Å². The van der Waals surface area contributed by atoms with E-state index in [9.17, 15) is 0 Å². The molecule has 1 fully saturated rings. The third kappa shape index (κ3) is 3.12. The van der Waals surface area contributed by atoms with Crippen LogP contribution in [0.3, 0.4) is 0 Å². The molecule has 0 spiro atoms. The summed E-state index contributed by atoms with van der Waals surface area (Å²) in [5.41, 5.74) is 7.08. The van der Waals surface area contributed by atoms with Gasteiger partial charge in [-0.15, -0.1) is 0 Å². The zero-order valence-corrected chi connectivity index (χ0v) is 18.7. The zero-order valence-electron chi connectivity index (χ0n) is 19.7. The van der Waals surface area contributed by atoms with Crippen molar-refractivity contribution in [3.63, 3.8) is 0 Å². The lowest BCUT2D eigenvalue weighted by Gasteiger charge is -2.16. The van der Waals surface area contributed by atoms with Gasteiger partial charge in [0.25, 0.3) is 0 Å². The highest BCUT2D eigenvalue weighted by Gasteiger charge is 2.25. The minimum Gasteiger partial charge on any atom is -0.437 e. The Morgan fingerprint density at radius 1 is 1.03 bits per heavy atom. The molecule has 3 nitrogen and oxygen atoms in total. The van der Waals surface area contributed by atoms with Crippen LogP contribution in [0.5, 0.6) is 0 Å². The zero-order chi connectivity index (χ0) is 22.0. The fourth-order valence-corrected chi connectivity index (χ4v) is 4.72. The van der Waals surface area contributed by atoms with Crippen molar-refractivity contribution in [3.8, 4) is 11.3 Å². The Morgan fingerprint density at radius 3 is 2.47 bits per heavy atom. The Kier molecular flexibility index (Phi) is 4.19. The SMILES string of the molecule is [2H]C1(c2ccc(-c3c(C)ccc4c3oc3nc(C(C)(C)C)ccc34)[n+](C)c2)CCCC1. The lowest BCUT2D eigenvalue weighted by atomic mass is 9.91. The highest BCUT2D eigenvalue weighted by Crippen LogP contribution is 2.38. The van der Waals surface area contributed by atoms with Gasteiger partial charge < -0.3 is 4.42 Å². The lowest BCUT2D eigenvalue weighted by Crippen LogP contribution is -2.31. The molecule has 0 radical (unpaired) electrons. The molecule has 3 heteroatoms. The molecular formula is C27H31N2O+. The number of nitrogens with zero attached hydrogens (tertiary/aromatic N) is 2. The van der Waals surface area contributed by atoms with Gasteiger partial charge >= 0.3 is 0 Å². The fraction of sp³-hybridized carbons (Fsp3) is 0.407. The highest BCUT2D eigenvalue weighted by atomic mass is 16.3. The van der Waals surface area contributed by atoms with Crippen LogP contribution >= 0.6 is 0 Å². The van der Waals surface area contributed by atoms with Crippen LogP contribution in [-0.4, -0.2) is 4.98 Å². The molecule has 0 saturated heterocycles. The second-order valence-corrected chi connectivity index (χ2v) is 9.76. The number of aryl methyl sites for hydroxylation is 2. The predicted molar refractivity (Wildman–Crippen MR) is 123 cm³/mol. The third-order valence-electron chi connectivity index (χ3n) is 6.49. The molecule has 154 valence electrons. The summed E-state index contributed by atoms with van der Waals surface area (Å²) in [4.78, 5) is 4.85. The van der Waals surface area contributed by atoms with Gasteiger partial charge in [0, 0.05) is 34.9 Å². The monoisotopic (exact) mass is 400 g/mol. The number of rotatable bonds is 2. The number of fused-ring (bicyclic) bond motifs is 3. The van der Waals surface area contributed by atoms with Crippen LogP contribution in [0.1, 0.15) is 70.5 Å². The van der Waals surface area contributed by atoms with E-state index in [-0.39, 0.29) is 5.41 Å². The summed E-state index contributed by atoms with van der Waals surface area (Å²) in [5.74, 6) is -0.440. The van der Waals surface area contributed by atoms with Crippen LogP contribution in [-0.2, 0) is 12.5 Å². The van der Waals surface area contributed by atoms with E-state index >= 15 is 0 Å². The Morgan fingerprint density at radius 2 is 1.77 bits per heavy atom.